The van der Waals surface area contributed by atoms with E-state index in [1.165, 1.54) is 12.8 Å². The van der Waals surface area contributed by atoms with Crippen LogP contribution in [0.1, 0.15) is 40.0 Å². The largest absolute Gasteiger partial charge is 0.496 e. The van der Waals surface area contributed by atoms with E-state index in [-0.39, 0.29) is 22.8 Å². The van der Waals surface area contributed by atoms with Gasteiger partial charge in [0.05, 0.1) is 30.8 Å². The Morgan fingerprint density at radius 3 is 2.70 bits per heavy atom. The van der Waals surface area contributed by atoms with Crippen molar-refractivity contribution in [2.75, 3.05) is 43.9 Å². The number of anilines is 2. The Labute approximate surface area is 181 Å². The van der Waals surface area contributed by atoms with Gasteiger partial charge in [-0.2, -0.15) is 4.98 Å². The monoisotopic (exact) mass is 430 g/mol. The number of halogens is 1. The van der Waals surface area contributed by atoms with E-state index in [9.17, 15) is 4.79 Å². The Bertz CT molecular complexity index is 976. The fourth-order valence-electron chi connectivity index (χ4n) is 4.49. The third-order valence-electron chi connectivity index (χ3n) is 5.99. The number of aryl methyl sites for hydroxylation is 1. The highest BCUT2D eigenvalue weighted by Crippen LogP contribution is 2.35. The lowest BCUT2D eigenvalue weighted by atomic mass is 9.93. The molecule has 0 saturated carbocycles. The Balaban J connectivity index is 1.71. The molecular formula is C21H27ClN6O2. The number of Topliss-reactive ketones (excluding diaryl/α,β-unsaturated/α-hetero) is 1. The molecule has 2 aromatic heterocycles. The van der Waals surface area contributed by atoms with Gasteiger partial charge in [-0.3, -0.25) is 9.78 Å². The molecule has 1 fully saturated rings. The molecule has 2 aliphatic rings. The molecule has 0 spiro atoms. The van der Waals surface area contributed by atoms with Crippen LogP contribution in [-0.4, -0.2) is 58.9 Å². The van der Waals surface area contributed by atoms with E-state index in [4.69, 9.17) is 22.1 Å². The first-order chi connectivity index (χ1) is 14.4. The second kappa shape index (κ2) is 8.35. The minimum Gasteiger partial charge on any atom is -0.496 e. The number of likely N-dealkylation sites (tertiary alicyclic amines) is 1. The van der Waals surface area contributed by atoms with E-state index in [0.29, 0.717) is 31.0 Å². The highest BCUT2D eigenvalue weighted by molar-refractivity contribution is 6.34. The minimum atomic E-state index is -0.201. The SMILES string of the molecule is COc1c(C)cnc(CN2CC(CN3CCCC3)C(=O)c3c(Cl)nc(N)nc32)c1C. The number of nitrogens with two attached hydrogens (primary N) is 1. The molecule has 0 bridgehead atoms. The van der Waals surface area contributed by atoms with Crippen molar-refractivity contribution >= 4 is 29.2 Å². The number of ether oxygens (including phenoxy) is 1. The Kier molecular flexibility index (Phi) is 5.79. The summed E-state index contributed by atoms with van der Waals surface area (Å²) >= 11 is 6.36. The number of aromatic nitrogens is 3. The van der Waals surface area contributed by atoms with Gasteiger partial charge in [-0.15, -0.1) is 0 Å². The molecule has 1 unspecified atom stereocenters. The molecule has 0 aromatic carbocycles. The highest BCUT2D eigenvalue weighted by Gasteiger charge is 2.37. The summed E-state index contributed by atoms with van der Waals surface area (Å²) in [6.45, 7) is 7.74. The molecule has 1 saturated heterocycles. The van der Waals surface area contributed by atoms with E-state index in [0.717, 1.165) is 35.7 Å². The quantitative estimate of drug-likeness (QED) is 0.723. The second-order valence-electron chi connectivity index (χ2n) is 8.07. The fourth-order valence-corrected chi connectivity index (χ4v) is 4.75. The lowest BCUT2D eigenvalue weighted by Crippen LogP contribution is -2.45. The maximum atomic E-state index is 13.3. The number of pyridine rings is 1. The zero-order valence-corrected chi connectivity index (χ0v) is 18.4. The average Bonchev–Trinajstić information content (AvgIpc) is 3.20. The van der Waals surface area contributed by atoms with Crippen LogP contribution >= 0.6 is 11.6 Å². The van der Waals surface area contributed by atoms with E-state index < -0.39 is 0 Å². The number of nitrogen functional groups attached to an aromatic ring is 1. The summed E-state index contributed by atoms with van der Waals surface area (Å²) in [7, 11) is 1.66. The number of hydrogen-bond donors (Lipinski definition) is 1. The minimum absolute atomic E-state index is 0.00989. The lowest BCUT2D eigenvalue weighted by molar-refractivity contribution is 0.0883. The van der Waals surface area contributed by atoms with Crippen LogP contribution in [0.15, 0.2) is 6.20 Å². The van der Waals surface area contributed by atoms with Crippen molar-refractivity contribution in [1.29, 1.82) is 0 Å². The second-order valence-corrected chi connectivity index (χ2v) is 8.42. The van der Waals surface area contributed by atoms with Crippen molar-refractivity contribution in [3.8, 4) is 5.75 Å². The third kappa shape index (κ3) is 3.81. The number of fused-ring (bicyclic) bond motifs is 1. The van der Waals surface area contributed by atoms with Crippen LogP contribution in [-0.2, 0) is 6.54 Å². The summed E-state index contributed by atoms with van der Waals surface area (Å²) in [6.07, 6.45) is 4.15. The molecule has 2 aromatic rings. The van der Waals surface area contributed by atoms with Gasteiger partial charge in [-0.25, -0.2) is 4.98 Å². The van der Waals surface area contributed by atoms with Crippen molar-refractivity contribution in [2.24, 2.45) is 5.92 Å². The molecule has 30 heavy (non-hydrogen) atoms. The van der Waals surface area contributed by atoms with Gasteiger partial charge in [0.25, 0.3) is 0 Å². The number of carbonyl (C=O) groups excluding carboxylic acids is 1. The summed E-state index contributed by atoms with van der Waals surface area (Å²) in [5.41, 5.74) is 9.04. The number of methoxy groups -OCH3 is 1. The number of carbonyl (C=O) groups is 1. The summed E-state index contributed by atoms with van der Waals surface area (Å²) < 4.78 is 5.55. The van der Waals surface area contributed by atoms with Crippen molar-refractivity contribution in [1.82, 2.24) is 19.9 Å². The van der Waals surface area contributed by atoms with Crippen molar-refractivity contribution in [3.05, 3.63) is 33.7 Å². The normalized spacial score (nSPS) is 19.3. The van der Waals surface area contributed by atoms with Gasteiger partial charge in [0.15, 0.2) is 5.78 Å². The zero-order chi connectivity index (χ0) is 21.4. The highest BCUT2D eigenvalue weighted by atomic mass is 35.5. The summed E-state index contributed by atoms with van der Waals surface area (Å²) in [5, 5.41) is 0.116. The van der Waals surface area contributed by atoms with E-state index in [1.54, 1.807) is 13.3 Å². The molecule has 1 atom stereocenters. The Hall–Kier alpha value is -2.45. The number of hydrogen-bond acceptors (Lipinski definition) is 8. The zero-order valence-electron chi connectivity index (χ0n) is 17.6. The molecular weight excluding hydrogens is 404 g/mol. The first-order valence-corrected chi connectivity index (χ1v) is 10.6. The van der Waals surface area contributed by atoms with Gasteiger partial charge in [-0.05, 0) is 39.8 Å². The predicted molar refractivity (Wildman–Crippen MR) is 116 cm³/mol. The molecule has 0 aliphatic carbocycles. The molecule has 4 rings (SSSR count). The van der Waals surface area contributed by atoms with Crippen LogP contribution in [0.3, 0.4) is 0 Å². The molecule has 2 aliphatic heterocycles. The summed E-state index contributed by atoms with van der Waals surface area (Å²) in [6, 6.07) is 0. The number of ketones is 1. The first-order valence-electron chi connectivity index (χ1n) is 10.2. The van der Waals surface area contributed by atoms with Crippen LogP contribution in [0, 0.1) is 19.8 Å². The molecule has 0 radical (unpaired) electrons. The van der Waals surface area contributed by atoms with Gasteiger partial charge in [0, 0.05) is 30.4 Å². The van der Waals surface area contributed by atoms with E-state index in [2.05, 4.69) is 19.9 Å². The van der Waals surface area contributed by atoms with Crippen molar-refractivity contribution in [2.45, 2.75) is 33.2 Å². The molecule has 8 nitrogen and oxygen atoms in total. The molecule has 0 amide bonds. The standard InChI is InChI=1S/C21H27ClN6O2/c1-12-8-24-15(13(2)18(12)30-3)11-28-10-14(9-27-6-4-5-7-27)17(29)16-19(22)25-21(23)26-20(16)28/h8,14H,4-7,9-11H2,1-3H3,(H2,23,25,26). The topological polar surface area (TPSA) is 97.5 Å². The van der Waals surface area contributed by atoms with Crippen LogP contribution in [0.2, 0.25) is 5.15 Å². The smallest absolute Gasteiger partial charge is 0.223 e. The van der Waals surface area contributed by atoms with Gasteiger partial charge in [-0.1, -0.05) is 11.6 Å². The number of rotatable bonds is 5. The third-order valence-corrected chi connectivity index (χ3v) is 6.26. The summed E-state index contributed by atoms with van der Waals surface area (Å²) in [4.78, 5) is 30.7. The Morgan fingerprint density at radius 2 is 2.00 bits per heavy atom. The van der Waals surface area contributed by atoms with Crippen LogP contribution in [0.5, 0.6) is 5.75 Å². The average molecular weight is 431 g/mol. The van der Waals surface area contributed by atoms with Crippen molar-refractivity contribution < 1.29 is 9.53 Å². The fraction of sp³-hybridized carbons (Fsp3) is 0.524. The van der Waals surface area contributed by atoms with Crippen molar-refractivity contribution in [3.63, 3.8) is 0 Å². The maximum Gasteiger partial charge on any atom is 0.223 e. The van der Waals surface area contributed by atoms with Crippen LogP contribution < -0.4 is 15.4 Å². The molecule has 9 heteroatoms. The van der Waals surface area contributed by atoms with E-state index in [1.807, 2.05) is 18.7 Å². The molecule has 2 N–H and O–H groups in total. The molecule has 160 valence electrons. The van der Waals surface area contributed by atoms with E-state index >= 15 is 0 Å². The predicted octanol–water partition coefficient (Wildman–Crippen LogP) is 2.65. The number of nitrogens with zero attached hydrogens (tertiary/aromatic N) is 5. The lowest BCUT2D eigenvalue weighted by Gasteiger charge is -2.36. The van der Waals surface area contributed by atoms with Gasteiger partial charge in [0.2, 0.25) is 5.95 Å². The summed E-state index contributed by atoms with van der Waals surface area (Å²) in [5.74, 6) is 1.15. The first kappa shape index (κ1) is 20.8. The van der Waals surface area contributed by atoms with Gasteiger partial charge < -0.3 is 20.3 Å². The Morgan fingerprint density at radius 1 is 1.27 bits per heavy atom. The van der Waals surface area contributed by atoms with Gasteiger partial charge >= 0.3 is 0 Å². The maximum absolute atomic E-state index is 13.3. The molecule has 4 heterocycles. The van der Waals surface area contributed by atoms with Gasteiger partial charge in [0.1, 0.15) is 16.7 Å². The van der Waals surface area contributed by atoms with Crippen LogP contribution in [0.4, 0.5) is 11.8 Å². The van der Waals surface area contributed by atoms with Crippen LogP contribution in [0.25, 0.3) is 0 Å².